The molecule has 4 nitrogen and oxygen atoms in total. The number of nitriles is 1. The molecule has 21 heavy (non-hydrogen) atoms. The molecule has 0 bridgehead atoms. The van der Waals surface area contributed by atoms with Crippen molar-refractivity contribution >= 4 is 5.82 Å². The van der Waals surface area contributed by atoms with Crippen molar-refractivity contribution < 1.29 is 0 Å². The summed E-state index contributed by atoms with van der Waals surface area (Å²) in [5, 5.41) is 9.55. The monoisotopic (exact) mass is 284 g/mol. The minimum Gasteiger partial charge on any atom is -0.349 e. The minimum absolute atomic E-state index is 0.315. The van der Waals surface area contributed by atoms with Gasteiger partial charge in [-0.1, -0.05) is 0 Å². The Morgan fingerprint density at radius 1 is 1.33 bits per heavy atom. The van der Waals surface area contributed by atoms with Crippen LogP contribution in [0.25, 0.3) is 0 Å². The van der Waals surface area contributed by atoms with Gasteiger partial charge in [-0.2, -0.15) is 5.26 Å². The molecule has 2 unspecified atom stereocenters. The number of pyridine rings is 1. The maximum atomic E-state index is 9.55. The highest BCUT2D eigenvalue weighted by molar-refractivity contribution is 5.58. The van der Waals surface area contributed by atoms with Crippen LogP contribution in [0, 0.1) is 11.3 Å². The molecule has 112 valence electrons. The predicted molar refractivity (Wildman–Crippen MR) is 84.2 cm³/mol. The van der Waals surface area contributed by atoms with Gasteiger partial charge >= 0.3 is 0 Å². The Morgan fingerprint density at radius 3 is 2.90 bits per heavy atom. The summed E-state index contributed by atoms with van der Waals surface area (Å²) in [5.74, 6) is 0.876. The molecule has 2 heterocycles. The summed E-state index contributed by atoms with van der Waals surface area (Å²) in [6.07, 6.45) is 8.00. The fourth-order valence-corrected chi connectivity index (χ4v) is 3.80. The van der Waals surface area contributed by atoms with E-state index in [4.69, 9.17) is 10.7 Å². The van der Waals surface area contributed by atoms with Crippen molar-refractivity contribution in [3.05, 3.63) is 22.9 Å². The molecule has 2 N–H and O–H groups in total. The van der Waals surface area contributed by atoms with E-state index in [1.807, 2.05) is 0 Å². The number of aryl methyl sites for hydroxylation is 2. The number of fused-ring (bicyclic) bond motifs is 1. The van der Waals surface area contributed by atoms with E-state index in [-0.39, 0.29) is 0 Å². The maximum Gasteiger partial charge on any atom is 0.147 e. The Morgan fingerprint density at radius 2 is 2.14 bits per heavy atom. The van der Waals surface area contributed by atoms with Crippen molar-refractivity contribution in [2.24, 2.45) is 5.73 Å². The number of hydrogen-bond donors (Lipinski definition) is 1. The molecule has 0 amide bonds. The third-order valence-electron chi connectivity index (χ3n) is 4.95. The van der Waals surface area contributed by atoms with Crippen molar-refractivity contribution in [3.63, 3.8) is 0 Å². The van der Waals surface area contributed by atoms with Crippen molar-refractivity contribution in [2.75, 3.05) is 11.4 Å². The number of aromatic nitrogens is 1. The summed E-state index contributed by atoms with van der Waals surface area (Å²) in [5.41, 5.74) is 9.17. The second-order valence-corrected chi connectivity index (χ2v) is 6.36. The van der Waals surface area contributed by atoms with E-state index in [1.165, 1.54) is 30.5 Å². The van der Waals surface area contributed by atoms with E-state index in [1.54, 1.807) is 0 Å². The number of nitrogens with zero attached hydrogens (tertiary/aromatic N) is 3. The molecule has 1 saturated heterocycles. The standard InChI is InChI=1S/C17H24N4/c1-12-5-4-7-15(11-19)21(12)17-14(10-18)9-13-6-2-3-8-16(13)20-17/h9,12,15H,2-8,11,19H2,1H3. The summed E-state index contributed by atoms with van der Waals surface area (Å²) < 4.78 is 0. The van der Waals surface area contributed by atoms with Crippen molar-refractivity contribution in [3.8, 4) is 6.07 Å². The van der Waals surface area contributed by atoms with Gasteiger partial charge in [0.25, 0.3) is 0 Å². The van der Waals surface area contributed by atoms with E-state index in [0.29, 0.717) is 18.6 Å². The quantitative estimate of drug-likeness (QED) is 0.906. The minimum atomic E-state index is 0.315. The molecule has 1 aromatic heterocycles. The van der Waals surface area contributed by atoms with E-state index in [9.17, 15) is 5.26 Å². The van der Waals surface area contributed by atoms with Crippen LogP contribution in [-0.2, 0) is 12.8 Å². The van der Waals surface area contributed by atoms with Crippen molar-refractivity contribution in [2.45, 2.75) is 64.0 Å². The van der Waals surface area contributed by atoms with Gasteiger partial charge in [-0.25, -0.2) is 4.98 Å². The fourth-order valence-electron chi connectivity index (χ4n) is 3.80. The van der Waals surface area contributed by atoms with Gasteiger partial charge in [-0.3, -0.25) is 0 Å². The number of nitrogens with two attached hydrogens (primary N) is 1. The van der Waals surface area contributed by atoms with Gasteiger partial charge in [-0.05, 0) is 63.5 Å². The molecule has 2 atom stereocenters. The molecular weight excluding hydrogens is 260 g/mol. The lowest BCUT2D eigenvalue weighted by atomic mass is 9.93. The third-order valence-corrected chi connectivity index (χ3v) is 4.95. The van der Waals surface area contributed by atoms with Crippen molar-refractivity contribution in [1.29, 1.82) is 5.26 Å². The van der Waals surface area contributed by atoms with E-state index in [0.717, 1.165) is 37.1 Å². The number of rotatable bonds is 2. The van der Waals surface area contributed by atoms with Crippen molar-refractivity contribution in [1.82, 2.24) is 4.98 Å². The molecule has 3 rings (SSSR count). The third kappa shape index (κ3) is 2.63. The lowest BCUT2D eigenvalue weighted by Crippen LogP contribution is -2.49. The smallest absolute Gasteiger partial charge is 0.147 e. The number of hydrogen-bond acceptors (Lipinski definition) is 4. The molecule has 4 heteroatoms. The zero-order chi connectivity index (χ0) is 14.8. The van der Waals surface area contributed by atoms with Crippen LogP contribution in [0.15, 0.2) is 6.07 Å². The lowest BCUT2D eigenvalue weighted by Gasteiger charge is -2.42. The average Bonchev–Trinajstić information content (AvgIpc) is 2.53. The highest BCUT2D eigenvalue weighted by atomic mass is 15.3. The second-order valence-electron chi connectivity index (χ2n) is 6.36. The molecular formula is C17H24N4. The Kier molecular flexibility index (Phi) is 4.12. The molecule has 0 spiro atoms. The van der Waals surface area contributed by atoms with Crippen LogP contribution in [0.5, 0.6) is 0 Å². The van der Waals surface area contributed by atoms with Crippen LogP contribution >= 0.6 is 0 Å². The van der Waals surface area contributed by atoms with Gasteiger partial charge < -0.3 is 10.6 Å². The zero-order valence-corrected chi connectivity index (χ0v) is 12.8. The topological polar surface area (TPSA) is 65.9 Å². The molecule has 0 radical (unpaired) electrons. The van der Waals surface area contributed by atoms with Gasteiger partial charge in [0.05, 0.1) is 5.56 Å². The Hall–Kier alpha value is -1.60. The van der Waals surface area contributed by atoms with Crippen LogP contribution < -0.4 is 10.6 Å². The summed E-state index contributed by atoms with van der Waals surface area (Å²) in [7, 11) is 0. The van der Waals surface area contributed by atoms with Crippen LogP contribution in [-0.4, -0.2) is 23.6 Å². The van der Waals surface area contributed by atoms with Gasteiger partial charge in [0.1, 0.15) is 11.9 Å². The Balaban J connectivity index is 2.05. The first-order valence-electron chi connectivity index (χ1n) is 8.16. The van der Waals surface area contributed by atoms with Crippen LogP contribution in [0.3, 0.4) is 0 Å². The van der Waals surface area contributed by atoms with Crippen LogP contribution in [0.4, 0.5) is 5.82 Å². The van der Waals surface area contributed by atoms with Gasteiger partial charge in [-0.15, -0.1) is 0 Å². The second kappa shape index (κ2) is 6.03. The molecule has 1 aromatic rings. The summed E-state index contributed by atoms with van der Waals surface area (Å²) >= 11 is 0. The van der Waals surface area contributed by atoms with E-state index < -0.39 is 0 Å². The molecule has 0 saturated carbocycles. The SMILES string of the molecule is CC1CCCC(CN)N1c1nc2c(cc1C#N)CCCC2. The molecule has 1 aliphatic heterocycles. The number of piperidine rings is 1. The van der Waals surface area contributed by atoms with Crippen LogP contribution in [0.1, 0.15) is 55.8 Å². The van der Waals surface area contributed by atoms with E-state index in [2.05, 4.69) is 24.0 Å². The molecule has 1 fully saturated rings. The van der Waals surface area contributed by atoms with Gasteiger partial charge in [0.2, 0.25) is 0 Å². The average molecular weight is 284 g/mol. The van der Waals surface area contributed by atoms with Gasteiger partial charge in [0, 0.05) is 24.3 Å². The summed E-state index contributed by atoms with van der Waals surface area (Å²) in [6.45, 7) is 2.86. The Labute approximate surface area is 127 Å². The largest absolute Gasteiger partial charge is 0.349 e. The lowest BCUT2D eigenvalue weighted by molar-refractivity contribution is 0.397. The van der Waals surface area contributed by atoms with Gasteiger partial charge in [0.15, 0.2) is 0 Å². The molecule has 0 aromatic carbocycles. The maximum absolute atomic E-state index is 9.55. The molecule has 1 aliphatic carbocycles. The van der Waals surface area contributed by atoms with Crippen LogP contribution in [0.2, 0.25) is 0 Å². The first-order valence-corrected chi connectivity index (χ1v) is 8.16. The Bertz CT molecular complexity index is 561. The highest BCUT2D eigenvalue weighted by Crippen LogP contribution is 2.32. The number of anilines is 1. The first-order chi connectivity index (χ1) is 10.2. The summed E-state index contributed by atoms with van der Waals surface area (Å²) in [4.78, 5) is 7.22. The summed E-state index contributed by atoms with van der Waals surface area (Å²) in [6, 6.07) is 5.16. The van der Waals surface area contributed by atoms with E-state index >= 15 is 0 Å². The zero-order valence-electron chi connectivity index (χ0n) is 12.8. The first kappa shape index (κ1) is 14.3. The fraction of sp³-hybridized carbons (Fsp3) is 0.647. The molecule has 2 aliphatic rings. The predicted octanol–water partition coefficient (Wildman–Crippen LogP) is 2.54. The normalized spacial score (nSPS) is 25.3. The highest BCUT2D eigenvalue weighted by Gasteiger charge is 2.30.